The maximum atomic E-state index is 11.5. The van der Waals surface area contributed by atoms with Gasteiger partial charge in [0.1, 0.15) is 0 Å². The highest BCUT2D eigenvalue weighted by molar-refractivity contribution is 8.00. The molecule has 4 nitrogen and oxygen atoms in total. The second kappa shape index (κ2) is 4.76. The van der Waals surface area contributed by atoms with Crippen molar-refractivity contribution in [2.75, 3.05) is 23.7 Å². The van der Waals surface area contributed by atoms with E-state index in [1.54, 1.807) is 11.8 Å². The molecular formula is C11H15N3OS. The number of rotatable bonds is 3. The predicted octanol–water partition coefficient (Wildman–Crippen LogP) is 1.49. The lowest BCUT2D eigenvalue weighted by Crippen LogP contribution is -2.26. The number of benzene rings is 1. The summed E-state index contributed by atoms with van der Waals surface area (Å²) in [5, 5.41) is 6.06. The van der Waals surface area contributed by atoms with Crippen molar-refractivity contribution in [3.8, 4) is 0 Å². The van der Waals surface area contributed by atoms with E-state index >= 15 is 0 Å². The lowest BCUT2D eigenvalue weighted by Gasteiger charge is -2.22. The van der Waals surface area contributed by atoms with Crippen molar-refractivity contribution in [2.24, 2.45) is 5.73 Å². The molecule has 4 N–H and O–H groups in total. The molecule has 16 heavy (non-hydrogen) atoms. The Morgan fingerprint density at radius 2 is 2.38 bits per heavy atom. The average molecular weight is 237 g/mol. The molecule has 1 unspecified atom stereocenters. The number of hydrogen-bond donors (Lipinski definition) is 3. The van der Waals surface area contributed by atoms with Gasteiger partial charge in [0.15, 0.2) is 0 Å². The van der Waals surface area contributed by atoms with Gasteiger partial charge in [0, 0.05) is 23.7 Å². The Morgan fingerprint density at radius 1 is 1.56 bits per heavy atom. The van der Waals surface area contributed by atoms with E-state index in [0.29, 0.717) is 6.54 Å². The second-order valence-corrected chi connectivity index (χ2v) is 5.06. The minimum absolute atomic E-state index is 0.0182. The van der Waals surface area contributed by atoms with Gasteiger partial charge >= 0.3 is 0 Å². The van der Waals surface area contributed by atoms with Crippen LogP contribution >= 0.6 is 11.8 Å². The van der Waals surface area contributed by atoms with E-state index < -0.39 is 0 Å². The van der Waals surface area contributed by atoms with Gasteiger partial charge in [0.2, 0.25) is 5.91 Å². The number of thioether (sulfide) groups is 1. The van der Waals surface area contributed by atoms with Crippen LogP contribution in [0.1, 0.15) is 6.92 Å². The summed E-state index contributed by atoms with van der Waals surface area (Å²) in [5.41, 5.74) is 7.29. The van der Waals surface area contributed by atoms with Gasteiger partial charge in [-0.3, -0.25) is 4.79 Å². The number of nitrogens with one attached hydrogen (secondary N) is 2. The molecule has 0 fully saturated rings. The zero-order valence-electron chi connectivity index (χ0n) is 9.12. The smallest absolute Gasteiger partial charge is 0.237 e. The third-order valence-corrected chi connectivity index (χ3v) is 3.56. The molecule has 0 bridgehead atoms. The largest absolute Gasteiger partial charge is 0.384 e. The van der Waals surface area contributed by atoms with Crippen molar-refractivity contribution in [2.45, 2.75) is 17.1 Å². The highest BCUT2D eigenvalue weighted by atomic mass is 32.2. The Bertz CT molecular complexity index is 408. The van der Waals surface area contributed by atoms with Gasteiger partial charge in [-0.2, -0.15) is 0 Å². The van der Waals surface area contributed by atoms with Gasteiger partial charge in [0.25, 0.3) is 0 Å². The summed E-state index contributed by atoms with van der Waals surface area (Å²) < 4.78 is 0. The Kier molecular flexibility index (Phi) is 3.36. The van der Waals surface area contributed by atoms with E-state index in [-0.39, 0.29) is 11.2 Å². The van der Waals surface area contributed by atoms with Crippen molar-refractivity contribution >= 4 is 29.0 Å². The third kappa shape index (κ3) is 2.31. The number of carbonyl (C=O) groups is 1. The lowest BCUT2D eigenvalue weighted by molar-refractivity contribution is -0.115. The molecule has 0 saturated carbocycles. The Balaban J connectivity index is 2.19. The minimum Gasteiger partial charge on any atom is -0.384 e. The monoisotopic (exact) mass is 237 g/mol. The van der Waals surface area contributed by atoms with Crippen LogP contribution in [-0.2, 0) is 4.79 Å². The molecular weight excluding hydrogens is 222 g/mol. The maximum absolute atomic E-state index is 11.5. The van der Waals surface area contributed by atoms with E-state index in [0.717, 1.165) is 22.8 Å². The quantitative estimate of drug-likeness (QED) is 0.745. The predicted molar refractivity (Wildman–Crippen MR) is 67.9 cm³/mol. The van der Waals surface area contributed by atoms with E-state index in [1.165, 1.54) is 0 Å². The first kappa shape index (κ1) is 11.3. The van der Waals surface area contributed by atoms with Crippen LogP contribution < -0.4 is 16.4 Å². The van der Waals surface area contributed by atoms with Crippen molar-refractivity contribution < 1.29 is 4.79 Å². The van der Waals surface area contributed by atoms with Gasteiger partial charge in [-0.05, 0) is 25.1 Å². The molecule has 1 aromatic carbocycles. The van der Waals surface area contributed by atoms with Crippen LogP contribution in [0.15, 0.2) is 23.1 Å². The van der Waals surface area contributed by atoms with Crippen LogP contribution in [0.2, 0.25) is 0 Å². The molecule has 1 atom stereocenters. The van der Waals surface area contributed by atoms with Gasteiger partial charge in [-0.1, -0.05) is 0 Å². The molecule has 5 heteroatoms. The lowest BCUT2D eigenvalue weighted by atomic mass is 10.2. The standard InChI is InChI=1S/C11H15N3OS/c1-7-11(15)14-9-6-8(13-5-4-12)2-3-10(9)16-7/h2-3,6-7,13H,4-5,12H2,1H3,(H,14,15). The summed E-state index contributed by atoms with van der Waals surface area (Å²) in [6, 6.07) is 5.97. The molecule has 1 aliphatic heterocycles. The van der Waals surface area contributed by atoms with Crippen LogP contribution in [0.3, 0.4) is 0 Å². The summed E-state index contributed by atoms with van der Waals surface area (Å²) in [4.78, 5) is 12.6. The second-order valence-electron chi connectivity index (χ2n) is 3.68. The maximum Gasteiger partial charge on any atom is 0.237 e. The van der Waals surface area contributed by atoms with Crippen LogP contribution in [-0.4, -0.2) is 24.2 Å². The summed E-state index contributed by atoms with van der Waals surface area (Å²) in [6.07, 6.45) is 0. The molecule has 0 spiro atoms. The molecule has 1 amide bonds. The summed E-state index contributed by atoms with van der Waals surface area (Å²) in [6.45, 7) is 3.23. The van der Waals surface area contributed by atoms with Crippen LogP contribution in [0.25, 0.3) is 0 Å². The number of hydrogen-bond acceptors (Lipinski definition) is 4. The van der Waals surface area contributed by atoms with E-state index in [9.17, 15) is 4.79 Å². The molecule has 0 aromatic heterocycles. The Hall–Kier alpha value is -1.20. The molecule has 2 rings (SSSR count). The molecule has 1 aliphatic rings. The number of anilines is 2. The molecule has 1 heterocycles. The number of carbonyl (C=O) groups excluding carboxylic acids is 1. The SMILES string of the molecule is CC1Sc2ccc(NCCN)cc2NC1=O. The van der Waals surface area contributed by atoms with Crippen molar-refractivity contribution in [3.05, 3.63) is 18.2 Å². The first-order valence-corrected chi connectivity index (χ1v) is 6.14. The highest BCUT2D eigenvalue weighted by Crippen LogP contribution is 2.36. The number of fused-ring (bicyclic) bond motifs is 1. The molecule has 0 radical (unpaired) electrons. The summed E-state index contributed by atoms with van der Waals surface area (Å²) in [5.74, 6) is 0.0634. The van der Waals surface area contributed by atoms with Gasteiger partial charge in [-0.15, -0.1) is 11.8 Å². The third-order valence-electron chi connectivity index (χ3n) is 2.38. The first-order chi connectivity index (χ1) is 7.70. The van der Waals surface area contributed by atoms with Gasteiger partial charge in [-0.25, -0.2) is 0 Å². The zero-order valence-corrected chi connectivity index (χ0v) is 9.93. The van der Waals surface area contributed by atoms with E-state index in [1.807, 2.05) is 25.1 Å². The molecule has 1 aromatic rings. The first-order valence-electron chi connectivity index (χ1n) is 5.26. The normalized spacial score (nSPS) is 18.9. The van der Waals surface area contributed by atoms with Crippen LogP contribution in [0.5, 0.6) is 0 Å². The Morgan fingerprint density at radius 3 is 3.12 bits per heavy atom. The van der Waals surface area contributed by atoms with E-state index in [4.69, 9.17) is 5.73 Å². The van der Waals surface area contributed by atoms with E-state index in [2.05, 4.69) is 10.6 Å². The Labute approximate surface area is 99.0 Å². The molecule has 0 saturated heterocycles. The fourth-order valence-electron chi connectivity index (χ4n) is 1.54. The van der Waals surface area contributed by atoms with Crippen LogP contribution in [0, 0.1) is 0 Å². The number of amides is 1. The fourth-order valence-corrected chi connectivity index (χ4v) is 2.47. The summed E-state index contributed by atoms with van der Waals surface area (Å²) >= 11 is 1.59. The number of nitrogens with two attached hydrogens (primary N) is 1. The minimum atomic E-state index is -0.0182. The highest BCUT2D eigenvalue weighted by Gasteiger charge is 2.22. The molecule has 0 aliphatic carbocycles. The summed E-state index contributed by atoms with van der Waals surface area (Å²) in [7, 11) is 0. The van der Waals surface area contributed by atoms with Crippen molar-refractivity contribution in [1.29, 1.82) is 0 Å². The average Bonchev–Trinajstić information content (AvgIpc) is 2.28. The van der Waals surface area contributed by atoms with Crippen molar-refractivity contribution in [1.82, 2.24) is 0 Å². The fraction of sp³-hybridized carbons (Fsp3) is 0.364. The topological polar surface area (TPSA) is 67.2 Å². The van der Waals surface area contributed by atoms with Gasteiger partial charge in [0.05, 0.1) is 10.9 Å². The van der Waals surface area contributed by atoms with Crippen molar-refractivity contribution in [3.63, 3.8) is 0 Å². The molecule has 86 valence electrons. The van der Waals surface area contributed by atoms with Gasteiger partial charge < -0.3 is 16.4 Å². The van der Waals surface area contributed by atoms with Crippen LogP contribution in [0.4, 0.5) is 11.4 Å². The zero-order chi connectivity index (χ0) is 11.5.